The molecule has 5 nitrogen and oxygen atoms in total. The van der Waals surface area contributed by atoms with Crippen molar-refractivity contribution in [2.75, 3.05) is 32.7 Å². The monoisotopic (exact) mass is 305 g/mol. The van der Waals surface area contributed by atoms with Gasteiger partial charge in [-0.3, -0.25) is 0 Å². The van der Waals surface area contributed by atoms with Gasteiger partial charge in [0, 0.05) is 19.6 Å². The fraction of sp³-hybridized carbons (Fsp3) is 1.00. The van der Waals surface area contributed by atoms with Crippen LogP contribution in [0.25, 0.3) is 0 Å². The molecule has 0 aromatic carbocycles. The van der Waals surface area contributed by atoms with Gasteiger partial charge in [-0.25, -0.2) is 4.72 Å². The average Bonchev–Trinajstić information content (AvgIpc) is 2.46. The Bertz CT molecular complexity index is 347. The van der Waals surface area contributed by atoms with Gasteiger partial charge in [-0.2, -0.15) is 12.7 Å². The van der Waals surface area contributed by atoms with Crippen LogP contribution in [0.1, 0.15) is 46.5 Å². The molecule has 0 bridgehead atoms. The van der Waals surface area contributed by atoms with Crippen molar-refractivity contribution in [3.8, 4) is 0 Å². The summed E-state index contributed by atoms with van der Waals surface area (Å²) in [6.07, 6.45) is 3.95. The minimum Gasteiger partial charge on any atom is -0.317 e. The van der Waals surface area contributed by atoms with Gasteiger partial charge in [-0.05, 0) is 37.8 Å². The fourth-order valence-electron chi connectivity index (χ4n) is 2.59. The second-order valence-electron chi connectivity index (χ2n) is 5.69. The van der Waals surface area contributed by atoms with Gasteiger partial charge in [0.1, 0.15) is 0 Å². The Hall–Kier alpha value is -0.170. The van der Waals surface area contributed by atoms with Crippen molar-refractivity contribution >= 4 is 10.2 Å². The molecule has 0 spiro atoms. The molecule has 1 aliphatic heterocycles. The van der Waals surface area contributed by atoms with E-state index < -0.39 is 10.2 Å². The summed E-state index contributed by atoms with van der Waals surface area (Å²) in [6, 6.07) is 0. The molecule has 1 rings (SSSR count). The number of nitrogens with one attached hydrogen (secondary N) is 2. The third-order valence-electron chi connectivity index (χ3n) is 4.31. The molecule has 1 heterocycles. The van der Waals surface area contributed by atoms with Crippen molar-refractivity contribution in [2.24, 2.45) is 11.8 Å². The lowest BCUT2D eigenvalue weighted by molar-refractivity contribution is 0.265. The SMILES string of the molecule is CCNCC1CCN(S(=O)(=O)NCC(CC)CC)CC1. The lowest BCUT2D eigenvalue weighted by Crippen LogP contribution is -2.47. The molecule has 1 aliphatic rings. The highest BCUT2D eigenvalue weighted by Crippen LogP contribution is 2.18. The van der Waals surface area contributed by atoms with Gasteiger partial charge in [-0.15, -0.1) is 0 Å². The van der Waals surface area contributed by atoms with Crippen molar-refractivity contribution < 1.29 is 8.42 Å². The summed E-state index contributed by atoms with van der Waals surface area (Å²) in [4.78, 5) is 0. The molecule has 120 valence electrons. The summed E-state index contributed by atoms with van der Waals surface area (Å²) < 4.78 is 28.9. The maximum atomic E-state index is 12.2. The molecule has 0 aliphatic carbocycles. The van der Waals surface area contributed by atoms with Crippen LogP contribution in [-0.4, -0.2) is 45.4 Å². The summed E-state index contributed by atoms with van der Waals surface area (Å²) in [6.45, 7) is 10.2. The Balaban J connectivity index is 2.38. The molecule has 2 N–H and O–H groups in total. The van der Waals surface area contributed by atoms with Crippen LogP contribution in [0.3, 0.4) is 0 Å². The summed E-state index contributed by atoms with van der Waals surface area (Å²) >= 11 is 0. The highest BCUT2D eigenvalue weighted by Gasteiger charge is 2.27. The van der Waals surface area contributed by atoms with Crippen molar-refractivity contribution in [3.05, 3.63) is 0 Å². The van der Waals surface area contributed by atoms with Gasteiger partial charge in [0.2, 0.25) is 0 Å². The first-order chi connectivity index (χ1) is 9.53. The largest absolute Gasteiger partial charge is 0.317 e. The minimum absolute atomic E-state index is 0.441. The number of hydrogen-bond donors (Lipinski definition) is 2. The summed E-state index contributed by atoms with van der Waals surface area (Å²) in [5.74, 6) is 1.05. The molecule has 20 heavy (non-hydrogen) atoms. The smallest absolute Gasteiger partial charge is 0.279 e. The zero-order chi connectivity index (χ0) is 15.0. The zero-order valence-corrected chi connectivity index (χ0v) is 14.0. The van der Waals surface area contributed by atoms with E-state index in [1.54, 1.807) is 4.31 Å². The van der Waals surface area contributed by atoms with E-state index in [4.69, 9.17) is 0 Å². The molecule has 6 heteroatoms. The minimum atomic E-state index is -3.28. The van der Waals surface area contributed by atoms with Crippen LogP contribution < -0.4 is 10.0 Å². The van der Waals surface area contributed by atoms with Crippen molar-refractivity contribution in [3.63, 3.8) is 0 Å². The van der Waals surface area contributed by atoms with E-state index in [1.165, 1.54) is 0 Å². The van der Waals surface area contributed by atoms with E-state index in [0.717, 1.165) is 38.8 Å². The highest BCUT2D eigenvalue weighted by molar-refractivity contribution is 7.87. The second-order valence-corrected chi connectivity index (χ2v) is 7.44. The van der Waals surface area contributed by atoms with Crippen LogP contribution >= 0.6 is 0 Å². The van der Waals surface area contributed by atoms with E-state index in [1.807, 2.05) is 0 Å². The third kappa shape index (κ3) is 5.68. The Kier molecular flexibility index (Phi) is 8.02. The van der Waals surface area contributed by atoms with Gasteiger partial charge in [0.05, 0.1) is 0 Å². The molecule has 0 amide bonds. The zero-order valence-electron chi connectivity index (χ0n) is 13.2. The van der Waals surface area contributed by atoms with E-state index in [9.17, 15) is 8.42 Å². The van der Waals surface area contributed by atoms with Crippen LogP contribution in [0.15, 0.2) is 0 Å². The van der Waals surface area contributed by atoms with Crippen LogP contribution in [0.4, 0.5) is 0 Å². The number of piperidine rings is 1. The lowest BCUT2D eigenvalue weighted by Gasteiger charge is -2.31. The van der Waals surface area contributed by atoms with Gasteiger partial charge in [0.25, 0.3) is 10.2 Å². The number of nitrogens with zero attached hydrogens (tertiary/aromatic N) is 1. The second kappa shape index (κ2) is 8.97. The number of hydrogen-bond acceptors (Lipinski definition) is 3. The third-order valence-corrected chi connectivity index (χ3v) is 5.88. The topological polar surface area (TPSA) is 61.4 Å². The fourth-order valence-corrected chi connectivity index (χ4v) is 3.91. The van der Waals surface area contributed by atoms with Gasteiger partial charge >= 0.3 is 0 Å². The quantitative estimate of drug-likeness (QED) is 0.680. The average molecular weight is 305 g/mol. The summed E-state index contributed by atoms with van der Waals surface area (Å²) in [7, 11) is -3.28. The maximum absolute atomic E-state index is 12.2. The molecular weight excluding hydrogens is 274 g/mol. The summed E-state index contributed by atoms with van der Waals surface area (Å²) in [5, 5.41) is 3.34. The van der Waals surface area contributed by atoms with E-state index in [2.05, 4.69) is 30.8 Å². The van der Waals surface area contributed by atoms with E-state index in [0.29, 0.717) is 31.5 Å². The Morgan fingerprint density at radius 2 is 1.75 bits per heavy atom. The van der Waals surface area contributed by atoms with Gasteiger partial charge < -0.3 is 5.32 Å². The first-order valence-electron chi connectivity index (χ1n) is 7.98. The molecule has 0 radical (unpaired) electrons. The molecule has 1 saturated heterocycles. The predicted molar refractivity (Wildman–Crippen MR) is 83.8 cm³/mol. The first kappa shape index (κ1) is 17.9. The molecule has 0 aromatic heterocycles. The summed E-state index contributed by atoms with van der Waals surface area (Å²) in [5.41, 5.74) is 0. The number of rotatable bonds is 9. The molecule has 0 unspecified atom stereocenters. The van der Waals surface area contributed by atoms with Gasteiger partial charge in [0.15, 0.2) is 0 Å². The molecule has 1 fully saturated rings. The highest BCUT2D eigenvalue weighted by atomic mass is 32.2. The molecule has 0 aromatic rings. The van der Waals surface area contributed by atoms with E-state index in [-0.39, 0.29) is 0 Å². The maximum Gasteiger partial charge on any atom is 0.279 e. The molecule has 0 atom stereocenters. The van der Waals surface area contributed by atoms with Crippen molar-refractivity contribution in [1.29, 1.82) is 0 Å². The van der Waals surface area contributed by atoms with E-state index >= 15 is 0 Å². The Morgan fingerprint density at radius 1 is 1.15 bits per heavy atom. The van der Waals surface area contributed by atoms with Crippen LogP contribution in [-0.2, 0) is 10.2 Å². The van der Waals surface area contributed by atoms with Crippen LogP contribution in [0, 0.1) is 11.8 Å². The standard InChI is InChI=1S/C14H31N3O2S/c1-4-13(5-2)12-16-20(18,19)17-9-7-14(8-10-17)11-15-6-3/h13-16H,4-12H2,1-3H3. The van der Waals surface area contributed by atoms with Crippen LogP contribution in [0.5, 0.6) is 0 Å². The predicted octanol–water partition coefficient (Wildman–Crippen LogP) is 1.58. The first-order valence-corrected chi connectivity index (χ1v) is 9.42. The normalized spacial score (nSPS) is 18.8. The van der Waals surface area contributed by atoms with Crippen molar-refractivity contribution in [2.45, 2.75) is 46.5 Å². The Morgan fingerprint density at radius 3 is 2.25 bits per heavy atom. The molecular formula is C14H31N3O2S. The van der Waals surface area contributed by atoms with Gasteiger partial charge in [-0.1, -0.05) is 33.6 Å². The molecule has 0 saturated carbocycles. The van der Waals surface area contributed by atoms with Crippen LogP contribution in [0.2, 0.25) is 0 Å². The lowest BCUT2D eigenvalue weighted by atomic mass is 9.98. The van der Waals surface area contributed by atoms with Crippen molar-refractivity contribution in [1.82, 2.24) is 14.3 Å². The Labute approximate surface area is 124 Å².